The molecule has 3 atom stereocenters. The number of amides is 1. The highest BCUT2D eigenvalue weighted by Gasteiger charge is 2.64. The van der Waals surface area contributed by atoms with Crippen LogP contribution < -0.4 is 0 Å². The Labute approximate surface area is 168 Å². The summed E-state index contributed by atoms with van der Waals surface area (Å²) in [5.74, 6) is 0.185. The van der Waals surface area contributed by atoms with Crippen LogP contribution in [0.2, 0.25) is 10.0 Å². The molecule has 0 aliphatic carbocycles. The summed E-state index contributed by atoms with van der Waals surface area (Å²) in [4.78, 5) is 17.3. The molecule has 1 spiro atoms. The number of halogens is 2. The van der Waals surface area contributed by atoms with E-state index in [1.807, 2.05) is 41.3 Å². The molecule has 1 amide bonds. The van der Waals surface area contributed by atoms with Crippen molar-refractivity contribution in [3.05, 3.63) is 69.7 Å². The Balaban J connectivity index is 1.41. The summed E-state index contributed by atoms with van der Waals surface area (Å²) in [6.07, 6.45) is 1.35. The van der Waals surface area contributed by atoms with Gasteiger partial charge in [0.25, 0.3) is 0 Å². The third kappa shape index (κ3) is 2.70. The Hall–Kier alpha value is -1.59. The second-order valence-electron chi connectivity index (χ2n) is 7.53. The Morgan fingerprint density at radius 2 is 1.93 bits per heavy atom. The van der Waals surface area contributed by atoms with Crippen molar-refractivity contribution in [2.45, 2.75) is 37.2 Å². The fraction of sp³-hybridized carbons (Fsp3) is 0.381. The van der Waals surface area contributed by atoms with E-state index in [9.17, 15) is 4.79 Å². The molecule has 2 aromatic rings. The third-order valence-corrected chi connectivity index (χ3v) is 6.86. The van der Waals surface area contributed by atoms with E-state index in [0.717, 1.165) is 30.6 Å². The predicted octanol–water partition coefficient (Wildman–Crippen LogP) is 4.27. The second kappa shape index (κ2) is 6.49. The standard InChI is InChI=1S/C21H20Cl2N2O2/c22-16-7-6-14(10-17(16)23)12-24-9-8-21-19(24)11-20(26)25(21)18(13-27-21)15-4-2-1-3-5-15/h1-7,10,18-19H,8-9,11-13H2/t18-,19+,21-/m0/s1. The summed E-state index contributed by atoms with van der Waals surface area (Å²) in [6, 6.07) is 16.0. The van der Waals surface area contributed by atoms with Crippen LogP contribution in [0.1, 0.15) is 30.0 Å². The van der Waals surface area contributed by atoms with Gasteiger partial charge in [-0.3, -0.25) is 9.69 Å². The van der Waals surface area contributed by atoms with Crippen molar-refractivity contribution >= 4 is 29.1 Å². The van der Waals surface area contributed by atoms with Gasteiger partial charge in [-0.1, -0.05) is 59.6 Å². The average Bonchev–Trinajstić information content (AvgIpc) is 3.29. The van der Waals surface area contributed by atoms with Crippen molar-refractivity contribution in [3.63, 3.8) is 0 Å². The molecule has 0 saturated carbocycles. The number of ether oxygens (including phenoxy) is 1. The molecule has 6 heteroatoms. The molecular weight excluding hydrogens is 383 g/mol. The number of carbonyl (C=O) groups is 1. The average molecular weight is 403 g/mol. The zero-order valence-electron chi connectivity index (χ0n) is 14.8. The maximum Gasteiger partial charge on any atom is 0.227 e. The van der Waals surface area contributed by atoms with Crippen molar-refractivity contribution in [2.75, 3.05) is 13.2 Å². The largest absolute Gasteiger partial charge is 0.351 e. The van der Waals surface area contributed by atoms with E-state index >= 15 is 0 Å². The van der Waals surface area contributed by atoms with Crippen molar-refractivity contribution in [1.82, 2.24) is 9.80 Å². The molecule has 0 radical (unpaired) electrons. The van der Waals surface area contributed by atoms with Crippen molar-refractivity contribution in [3.8, 4) is 0 Å². The minimum absolute atomic E-state index is 0.00799. The first kappa shape index (κ1) is 17.5. The quantitative estimate of drug-likeness (QED) is 0.768. The monoisotopic (exact) mass is 402 g/mol. The van der Waals surface area contributed by atoms with Gasteiger partial charge < -0.3 is 9.64 Å². The molecule has 3 aliphatic rings. The van der Waals surface area contributed by atoms with Crippen LogP contribution in [0.3, 0.4) is 0 Å². The minimum atomic E-state index is -0.492. The molecule has 0 bridgehead atoms. The van der Waals surface area contributed by atoms with Crippen LogP contribution in [0.4, 0.5) is 0 Å². The van der Waals surface area contributed by atoms with Crippen LogP contribution in [0.5, 0.6) is 0 Å². The Morgan fingerprint density at radius 1 is 1.11 bits per heavy atom. The van der Waals surface area contributed by atoms with E-state index in [4.69, 9.17) is 27.9 Å². The maximum atomic E-state index is 12.9. The summed E-state index contributed by atoms with van der Waals surface area (Å²) in [5, 5.41) is 1.12. The van der Waals surface area contributed by atoms with Gasteiger partial charge in [0.1, 0.15) is 0 Å². The molecule has 3 saturated heterocycles. The Bertz CT molecular complexity index is 891. The zero-order chi connectivity index (χ0) is 18.6. The van der Waals surface area contributed by atoms with Gasteiger partial charge in [0.2, 0.25) is 5.91 Å². The van der Waals surface area contributed by atoms with Gasteiger partial charge in [0.15, 0.2) is 5.72 Å². The van der Waals surface area contributed by atoms with E-state index in [1.165, 1.54) is 0 Å². The third-order valence-electron chi connectivity index (χ3n) is 6.12. The number of rotatable bonds is 3. The number of benzene rings is 2. The van der Waals surface area contributed by atoms with Crippen molar-refractivity contribution in [2.24, 2.45) is 0 Å². The normalized spacial score (nSPS) is 30.0. The maximum absolute atomic E-state index is 12.9. The highest BCUT2D eigenvalue weighted by molar-refractivity contribution is 6.42. The number of nitrogens with zero attached hydrogens (tertiary/aromatic N) is 2. The molecule has 4 nitrogen and oxygen atoms in total. The summed E-state index contributed by atoms with van der Waals surface area (Å²) in [7, 11) is 0. The lowest BCUT2D eigenvalue weighted by Gasteiger charge is -2.33. The molecule has 0 N–H and O–H groups in total. The lowest BCUT2D eigenvalue weighted by atomic mass is 10.0. The van der Waals surface area contributed by atoms with E-state index in [1.54, 1.807) is 0 Å². The van der Waals surface area contributed by atoms with Gasteiger partial charge in [0, 0.05) is 25.9 Å². The topological polar surface area (TPSA) is 32.8 Å². The van der Waals surface area contributed by atoms with E-state index in [-0.39, 0.29) is 18.0 Å². The molecular formula is C21H20Cl2N2O2. The molecule has 0 unspecified atom stereocenters. The molecule has 3 fully saturated rings. The summed E-state index contributed by atoms with van der Waals surface area (Å²) in [6.45, 7) is 2.20. The minimum Gasteiger partial charge on any atom is -0.351 e. The number of hydrogen-bond acceptors (Lipinski definition) is 3. The highest BCUT2D eigenvalue weighted by Crippen LogP contribution is 2.51. The van der Waals surface area contributed by atoms with Gasteiger partial charge in [-0.25, -0.2) is 0 Å². The van der Waals surface area contributed by atoms with Gasteiger partial charge in [-0.05, 0) is 23.3 Å². The van der Waals surface area contributed by atoms with Crippen LogP contribution >= 0.6 is 23.2 Å². The van der Waals surface area contributed by atoms with Crippen LogP contribution in [0.25, 0.3) is 0 Å². The fourth-order valence-electron chi connectivity index (χ4n) is 4.91. The molecule has 0 aromatic heterocycles. The Kier molecular flexibility index (Phi) is 4.21. The van der Waals surface area contributed by atoms with Crippen molar-refractivity contribution < 1.29 is 9.53 Å². The predicted molar refractivity (Wildman–Crippen MR) is 105 cm³/mol. The molecule has 2 aromatic carbocycles. The molecule has 140 valence electrons. The zero-order valence-corrected chi connectivity index (χ0v) is 16.3. The van der Waals surface area contributed by atoms with E-state index in [2.05, 4.69) is 17.0 Å². The highest BCUT2D eigenvalue weighted by atomic mass is 35.5. The summed E-state index contributed by atoms with van der Waals surface area (Å²) >= 11 is 12.2. The molecule has 27 heavy (non-hydrogen) atoms. The lowest BCUT2D eigenvalue weighted by molar-refractivity contribution is -0.138. The molecule has 3 aliphatic heterocycles. The van der Waals surface area contributed by atoms with Crippen LogP contribution in [0, 0.1) is 0 Å². The first-order valence-electron chi connectivity index (χ1n) is 9.27. The number of hydrogen-bond donors (Lipinski definition) is 0. The van der Waals surface area contributed by atoms with E-state index < -0.39 is 5.72 Å². The van der Waals surface area contributed by atoms with Gasteiger partial charge >= 0.3 is 0 Å². The SMILES string of the molecule is O=C1C[C@H]2N(Cc3ccc(Cl)c(Cl)c3)CC[C@]23OC[C@@H](c2ccccc2)N13. The second-order valence-corrected chi connectivity index (χ2v) is 8.35. The first-order valence-corrected chi connectivity index (χ1v) is 10.0. The van der Waals surface area contributed by atoms with Crippen LogP contribution in [0.15, 0.2) is 48.5 Å². The number of likely N-dealkylation sites (tertiary alicyclic amines) is 1. The lowest BCUT2D eigenvalue weighted by Crippen LogP contribution is -2.48. The van der Waals surface area contributed by atoms with Crippen LogP contribution in [-0.2, 0) is 16.1 Å². The van der Waals surface area contributed by atoms with Crippen molar-refractivity contribution in [1.29, 1.82) is 0 Å². The van der Waals surface area contributed by atoms with E-state index in [0.29, 0.717) is 23.1 Å². The summed E-state index contributed by atoms with van der Waals surface area (Å²) in [5.41, 5.74) is 1.75. The fourth-order valence-corrected chi connectivity index (χ4v) is 5.23. The number of carbonyl (C=O) groups excluding carboxylic acids is 1. The first-order chi connectivity index (χ1) is 13.1. The van der Waals surface area contributed by atoms with Gasteiger partial charge in [-0.15, -0.1) is 0 Å². The smallest absolute Gasteiger partial charge is 0.227 e. The van der Waals surface area contributed by atoms with Gasteiger partial charge in [0.05, 0.1) is 28.7 Å². The molecule has 3 heterocycles. The van der Waals surface area contributed by atoms with Crippen LogP contribution in [-0.4, -0.2) is 40.6 Å². The Morgan fingerprint density at radius 3 is 2.70 bits per heavy atom. The summed E-state index contributed by atoms with van der Waals surface area (Å²) < 4.78 is 6.35. The van der Waals surface area contributed by atoms with Gasteiger partial charge in [-0.2, -0.15) is 0 Å². The molecule has 5 rings (SSSR count).